The Morgan fingerprint density at radius 2 is 1.64 bits per heavy atom. The molecule has 0 aliphatic heterocycles. The zero-order chi connectivity index (χ0) is 19.6. The van der Waals surface area contributed by atoms with E-state index in [0.29, 0.717) is 0 Å². The van der Waals surface area contributed by atoms with Crippen molar-refractivity contribution in [3.8, 4) is 22.8 Å². The van der Waals surface area contributed by atoms with Crippen LogP contribution in [0.5, 0.6) is 11.5 Å². The summed E-state index contributed by atoms with van der Waals surface area (Å²) in [6, 6.07) is 15.1. The summed E-state index contributed by atoms with van der Waals surface area (Å²) >= 11 is 1.56. The van der Waals surface area contributed by atoms with Gasteiger partial charge in [0.2, 0.25) is 0 Å². The van der Waals surface area contributed by atoms with Crippen LogP contribution in [0.15, 0.2) is 53.9 Å². The summed E-state index contributed by atoms with van der Waals surface area (Å²) in [6.07, 6.45) is 7.62. The number of benzene rings is 2. The molecule has 28 heavy (non-hydrogen) atoms. The first-order valence-corrected chi connectivity index (χ1v) is 10.9. The Morgan fingerprint density at radius 1 is 0.929 bits per heavy atom. The van der Waals surface area contributed by atoms with E-state index in [9.17, 15) is 5.11 Å². The van der Waals surface area contributed by atoms with Crippen LogP contribution in [0, 0.1) is 0 Å². The molecule has 0 unspecified atom stereocenters. The van der Waals surface area contributed by atoms with Gasteiger partial charge in [0.05, 0.1) is 12.3 Å². The Bertz CT molecular complexity index is 829. The molecule has 1 aromatic heterocycles. The minimum absolute atomic E-state index is 0.260. The molecule has 0 aliphatic rings. The minimum Gasteiger partial charge on any atom is -0.508 e. The fourth-order valence-corrected chi connectivity index (χ4v) is 3.67. The summed E-state index contributed by atoms with van der Waals surface area (Å²) in [5.74, 6) is 1.17. The van der Waals surface area contributed by atoms with Crippen LogP contribution in [0.4, 0.5) is 10.8 Å². The van der Waals surface area contributed by atoms with Crippen LogP contribution in [0.2, 0.25) is 0 Å². The molecular weight excluding hydrogens is 368 g/mol. The lowest BCUT2D eigenvalue weighted by Crippen LogP contribution is -1.97. The second-order valence-corrected chi connectivity index (χ2v) is 7.71. The largest absolute Gasteiger partial charge is 0.508 e. The van der Waals surface area contributed by atoms with E-state index >= 15 is 0 Å². The highest BCUT2D eigenvalue weighted by Crippen LogP contribution is 2.28. The second kappa shape index (κ2) is 10.7. The van der Waals surface area contributed by atoms with Gasteiger partial charge >= 0.3 is 0 Å². The number of hydrogen-bond donors (Lipinski definition) is 2. The highest BCUT2D eigenvalue weighted by molar-refractivity contribution is 7.14. The van der Waals surface area contributed by atoms with Gasteiger partial charge in [-0.05, 0) is 55.0 Å². The fourth-order valence-electron chi connectivity index (χ4n) is 2.93. The zero-order valence-electron chi connectivity index (χ0n) is 16.4. The number of rotatable bonds is 11. The molecule has 0 aliphatic carbocycles. The van der Waals surface area contributed by atoms with Crippen molar-refractivity contribution in [2.24, 2.45) is 0 Å². The first kappa shape index (κ1) is 20.2. The lowest BCUT2D eigenvalue weighted by molar-refractivity contribution is 0.304. The van der Waals surface area contributed by atoms with Crippen molar-refractivity contribution in [1.82, 2.24) is 4.98 Å². The lowest BCUT2D eigenvalue weighted by Gasteiger charge is -2.08. The number of aromatic hydroxyl groups is 1. The maximum Gasteiger partial charge on any atom is 0.187 e. The summed E-state index contributed by atoms with van der Waals surface area (Å²) in [5, 5.41) is 15.6. The van der Waals surface area contributed by atoms with Crippen LogP contribution in [-0.4, -0.2) is 16.7 Å². The van der Waals surface area contributed by atoms with E-state index in [4.69, 9.17) is 4.74 Å². The van der Waals surface area contributed by atoms with Gasteiger partial charge in [0.15, 0.2) is 5.13 Å². The number of ether oxygens (including phenoxy) is 1. The fraction of sp³-hybridized carbons (Fsp3) is 0.348. The number of phenols is 1. The number of phenolic OH excluding ortho intramolecular Hbond substituents is 1. The smallest absolute Gasteiger partial charge is 0.187 e. The molecule has 0 amide bonds. The van der Waals surface area contributed by atoms with Crippen molar-refractivity contribution in [2.75, 3.05) is 11.9 Å². The summed E-state index contributed by atoms with van der Waals surface area (Å²) in [5.41, 5.74) is 2.87. The van der Waals surface area contributed by atoms with E-state index in [1.54, 1.807) is 23.5 Å². The Kier molecular flexibility index (Phi) is 7.73. The van der Waals surface area contributed by atoms with Gasteiger partial charge in [0.1, 0.15) is 11.5 Å². The van der Waals surface area contributed by atoms with Crippen molar-refractivity contribution in [3.63, 3.8) is 0 Å². The highest BCUT2D eigenvalue weighted by atomic mass is 32.1. The van der Waals surface area contributed by atoms with Gasteiger partial charge in [-0.2, -0.15) is 0 Å². The summed E-state index contributed by atoms with van der Waals surface area (Å²) in [6.45, 7) is 3.02. The van der Waals surface area contributed by atoms with E-state index in [0.717, 1.165) is 40.9 Å². The third-order valence-electron chi connectivity index (χ3n) is 4.54. The number of nitrogens with one attached hydrogen (secondary N) is 1. The van der Waals surface area contributed by atoms with Gasteiger partial charge < -0.3 is 15.2 Å². The molecule has 0 saturated carbocycles. The van der Waals surface area contributed by atoms with E-state index in [1.807, 2.05) is 41.8 Å². The topological polar surface area (TPSA) is 54.4 Å². The third kappa shape index (κ3) is 6.27. The molecule has 0 atom stereocenters. The van der Waals surface area contributed by atoms with Crippen molar-refractivity contribution in [3.05, 3.63) is 53.9 Å². The van der Waals surface area contributed by atoms with E-state index in [1.165, 1.54) is 32.1 Å². The average molecular weight is 397 g/mol. The van der Waals surface area contributed by atoms with Gasteiger partial charge in [-0.3, -0.25) is 0 Å². The van der Waals surface area contributed by atoms with Crippen LogP contribution >= 0.6 is 11.3 Å². The van der Waals surface area contributed by atoms with Crippen molar-refractivity contribution >= 4 is 22.2 Å². The van der Waals surface area contributed by atoms with Crippen molar-refractivity contribution < 1.29 is 9.84 Å². The van der Waals surface area contributed by atoms with E-state index in [2.05, 4.69) is 17.2 Å². The maximum atomic E-state index is 9.40. The van der Waals surface area contributed by atoms with Gasteiger partial charge in [0, 0.05) is 16.6 Å². The number of aromatic nitrogens is 1. The molecule has 2 N–H and O–H groups in total. The highest BCUT2D eigenvalue weighted by Gasteiger charge is 2.05. The minimum atomic E-state index is 0.260. The summed E-state index contributed by atoms with van der Waals surface area (Å²) in [7, 11) is 0. The molecule has 2 aromatic carbocycles. The normalized spacial score (nSPS) is 10.8. The van der Waals surface area contributed by atoms with Gasteiger partial charge in [0.25, 0.3) is 0 Å². The summed E-state index contributed by atoms with van der Waals surface area (Å²) in [4.78, 5) is 4.61. The Hall–Kier alpha value is -2.53. The predicted octanol–water partition coefficient (Wildman–Crippen LogP) is 7.00. The van der Waals surface area contributed by atoms with Crippen LogP contribution in [0.3, 0.4) is 0 Å². The maximum absolute atomic E-state index is 9.40. The molecule has 0 spiro atoms. The van der Waals surface area contributed by atoms with Gasteiger partial charge in [-0.25, -0.2) is 4.98 Å². The Morgan fingerprint density at radius 3 is 2.39 bits per heavy atom. The SMILES string of the molecule is CCCCCCCCOc1ccc(Nc2nc(-c3ccc(O)cc3)cs2)cc1. The number of unbranched alkanes of at least 4 members (excludes halogenated alkanes) is 5. The van der Waals surface area contributed by atoms with Crippen molar-refractivity contribution in [1.29, 1.82) is 0 Å². The van der Waals surface area contributed by atoms with Gasteiger partial charge in [-0.15, -0.1) is 11.3 Å². The van der Waals surface area contributed by atoms with Crippen LogP contribution < -0.4 is 10.1 Å². The second-order valence-electron chi connectivity index (χ2n) is 6.85. The molecule has 0 fully saturated rings. The average Bonchev–Trinajstić information content (AvgIpc) is 3.17. The van der Waals surface area contributed by atoms with E-state index in [-0.39, 0.29) is 5.75 Å². The van der Waals surface area contributed by atoms with Gasteiger partial charge in [-0.1, -0.05) is 39.0 Å². The molecule has 0 saturated heterocycles. The third-order valence-corrected chi connectivity index (χ3v) is 5.30. The summed E-state index contributed by atoms with van der Waals surface area (Å²) < 4.78 is 5.83. The molecule has 148 valence electrons. The van der Waals surface area contributed by atoms with Crippen LogP contribution in [0.25, 0.3) is 11.3 Å². The zero-order valence-corrected chi connectivity index (χ0v) is 17.2. The first-order chi connectivity index (χ1) is 13.7. The molecule has 3 aromatic rings. The molecule has 4 nitrogen and oxygen atoms in total. The van der Waals surface area contributed by atoms with Crippen LogP contribution in [0.1, 0.15) is 45.4 Å². The van der Waals surface area contributed by atoms with Crippen LogP contribution in [-0.2, 0) is 0 Å². The Labute approximate surface area is 171 Å². The quantitative estimate of drug-likeness (QED) is 0.343. The first-order valence-electron chi connectivity index (χ1n) is 9.99. The molecular formula is C23H28N2O2S. The Balaban J connectivity index is 1.45. The lowest BCUT2D eigenvalue weighted by atomic mass is 10.1. The number of thiazole rings is 1. The van der Waals surface area contributed by atoms with Crippen molar-refractivity contribution in [2.45, 2.75) is 45.4 Å². The predicted molar refractivity (Wildman–Crippen MR) is 118 cm³/mol. The molecule has 0 radical (unpaired) electrons. The molecule has 1 heterocycles. The number of hydrogen-bond acceptors (Lipinski definition) is 5. The number of anilines is 2. The number of nitrogens with zero attached hydrogens (tertiary/aromatic N) is 1. The molecule has 5 heteroatoms. The molecule has 3 rings (SSSR count). The molecule has 0 bridgehead atoms. The standard InChI is InChI=1S/C23H28N2O2S/c1-2-3-4-5-6-7-16-27-21-14-10-19(11-15-21)24-23-25-22(17-28-23)18-8-12-20(26)13-9-18/h8-15,17,26H,2-7,16H2,1H3,(H,24,25). The van der Waals surface area contributed by atoms with E-state index < -0.39 is 0 Å². The monoisotopic (exact) mass is 396 g/mol.